The van der Waals surface area contributed by atoms with Gasteiger partial charge in [0.2, 0.25) is 0 Å². The van der Waals surface area contributed by atoms with Crippen molar-refractivity contribution in [3.05, 3.63) is 57.6 Å². The second kappa shape index (κ2) is 10.2. The lowest BCUT2D eigenvalue weighted by molar-refractivity contribution is -0.385. The molecular formula is C23H26N4O5S. The lowest BCUT2D eigenvalue weighted by atomic mass is 10.1. The smallest absolute Gasteiger partial charge is 0.273 e. The Balaban J connectivity index is 1.64. The number of nitro groups is 1. The maximum Gasteiger partial charge on any atom is 0.273 e. The highest BCUT2D eigenvalue weighted by atomic mass is 32.1. The highest BCUT2D eigenvalue weighted by Crippen LogP contribution is 2.33. The number of methoxy groups -OCH3 is 1. The molecular weight excluding hydrogens is 444 g/mol. The van der Waals surface area contributed by atoms with Crippen LogP contribution in [0.1, 0.15) is 22.3 Å². The van der Waals surface area contributed by atoms with Crippen LogP contribution in [0.25, 0.3) is 10.2 Å². The summed E-state index contributed by atoms with van der Waals surface area (Å²) in [4.78, 5) is 33.2. The first kappa shape index (κ1) is 23.1. The molecule has 9 nitrogen and oxygen atoms in total. The number of carbonyl (C=O) groups excluding carboxylic acids is 1. The maximum absolute atomic E-state index is 13.6. The van der Waals surface area contributed by atoms with E-state index in [4.69, 9.17) is 14.5 Å². The Morgan fingerprint density at radius 1 is 1.30 bits per heavy atom. The first-order valence-corrected chi connectivity index (χ1v) is 11.6. The Morgan fingerprint density at radius 2 is 2.09 bits per heavy atom. The summed E-state index contributed by atoms with van der Waals surface area (Å²) < 4.78 is 11.6. The predicted molar refractivity (Wildman–Crippen MR) is 128 cm³/mol. The van der Waals surface area contributed by atoms with Gasteiger partial charge in [0.1, 0.15) is 5.75 Å². The summed E-state index contributed by atoms with van der Waals surface area (Å²) in [6.45, 7) is 6.08. The molecule has 1 aromatic heterocycles. The van der Waals surface area contributed by atoms with Crippen molar-refractivity contribution in [3.8, 4) is 5.75 Å². The topological polar surface area (TPSA) is 98.0 Å². The number of fused-ring (bicyclic) bond motifs is 1. The molecule has 1 aliphatic rings. The van der Waals surface area contributed by atoms with Crippen LogP contribution in [0.2, 0.25) is 0 Å². The maximum atomic E-state index is 13.6. The van der Waals surface area contributed by atoms with E-state index in [0.29, 0.717) is 28.6 Å². The molecule has 10 heteroatoms. The molecule has 0 bridgehead atoms. The fraction of sp³-hybridized carbons (Fsp3) is 0.391. The van der Waals surface area contributed by atoms with Crippen molar-refractivity contribution in [3.63, 3.8) is 0 Å². The van der Waals surface area contributed by atoms with Crippen molar-refractivity contribution in [2.75, 3.05) is 51.4 Å². The molecule has 0 unspecified atom stereocenters. The third-order valence-electron chi connectivity index (χ3n) is 5.75. The number of ether oxygens (including phenoxy) is 2. The Bertz CT molecular complexity index is 1160. The van der Waals surface area contributed by atoms with E-state index in [-0.39, 0.29) is 11.6 Å². The van der Waals surface area contributed by atoms with E-state index in [1.807, 2.05) is 18.2 Å². The van der Waals surface area contributed by atoms with Gasteiger partial charge in [-0.05, 0) is 31.5 Å². The van der Waals surface area contributed by atoms with Crippen LogP contribution < -0.4 is 9.64 Å². The second-order valence-electron chi connectivity index (χ2n) is 7.80. The van der Waals surface area contributed by atoms with E-state index < -0.39 is 4.92 Å². The molecule has 0 N–H and O–H groups in total. The van der Waals surface area contributed by atoms with Crippen molar-refractivity contribution in [1.29, 1.82) is 0 Å². The van der Waals surface area contributed by atoms with Crippen LogP contribution in [0.4, 0.5) is 10.8 Å². The van der Waals surface area contributed by atoms with E-state index >= 15 is 0 Å². The molecule has 1 fully saturated rings. The number of anilines is 1. The number of rotatable bonds is 8. The molecule has 1 amide bonds. The summed E-state index contributed by atoms with van der Waals surface area (Å²) >= 11 is 1.42. The number of thiazole rings is 1. The third-order valence-corrected chi connectivity index (χ3v) is 6.81. The minimum Gasteiger partial charge on any atom is -0.497 e. The van der Waals surface area contributed by atoms with Gasteiger partial charge < -0.3 is 9.47 Å². The van der Waals surface area contributed by atoms with E-state index in [0.717, 1.165) is 49.5 Å². The van der Waals surface area contributed by atoms with Crippen LogP contribution in [0, 0.1) is 17.0 Å². The van der Waals surface area contributed by atoms with Crippen molar-refractivity contribution in [1.82, 2.24) is 9.88 Å². The summed E-state index contributed by atoms with van der Waals surface area (Å²) in [7, 11) is 1.60. The van der Waals surface area contributed by atoms with E-state index in [9.17, 15) is 14.9 Å². The predicted octanol–water partition coefficient (Wildman–Crippen LogP) is 3.89. The number of carbonyl (C=O) groups is 1. The zero-order valence-corrected chi connectivity index (χ0v) is 19.5. The lowest BCUT2D eigenvalue weighted by Crippen LogP contribution is -2.39. The second-order valence-corrected chi connectivity index (χ2v) is 8.81. The van der Waals surface area contributed by atoms with Gasteiger partial charge in [0.05, 0.1) is 35.5 Å². The van der Waals surface area contributed by atoms with Crippen LogP contribution in [-0.2, 0) is 4.74 Å². The van der Waals surface area contributed by atoms with Crippen molar-refractivity contribution in [2.45, 2.75) is 13.3 Å². The fourth-order valence-electron chi connectivity index (χ4n) is 3.90. The zero-order valence-electron chi connectivity index (χ0n) is 18.7. The molecule has 33 heavy (non-hydrogen) atoms. The number of hydrogen-bond donors (Lipinski definition) is 0. The highest BCUT2D eigenvalue weighted by Gasteiger charge is 2.26. The number of nitrogens with zero attached hydrogens (tertiary/aromatic N) is 4. The zero-order chi connectivity index (χ0) is 23.4. The molecule has 0 radical (unpaired) electrons. The van der Waals surface area contributed by atoms with Crippen LogP contribution in [0.5, 0.6) is 5.75 Å². The monoisotopic (exact) mass is 470 g/mol. The summed E-state index contributed by atoms with van der Waals surface area (Å²) in [6.07, 6.45) is 0.749. The summed E-state index contributed by atoms with van der Waals surface area (Å²) in [5.41, 5.74) is 1.35. The fourth-order valence-corrected chi connectivity index (χ4v) is 4.87. The minimum atomic E-state index is -0.459. The van der Waals surface area contributed by atoms with Gasteiger partial charge in [-0.15, -0.1) is 0 Å². The van der Waals surface area contributed by atoms with E-state index in [2.05, 4.69) is 4.90 Å². The van der Waals surface area contributed by atoms with Crippen molar-refractivity contribution < 1.29 is 19.2 Å². The van der Waals surface area contributed by atoms with Gasteiger partial charge in [-0.2, -0.15) is 0 Å². The molecule has 174 valence electrons. The average molecular weight is 471 g/mol. The highest BCUT2D eigenvalue weighted by molar-refractivity contribution is 7.22. The average Bonchev–Trinajstić information content (AvgIpc) is 3.25. The van der Waals surface area contributed by atoms with Crippen molar-refractivity contribution in [2.24, 2.45) is 0 Å². The van der Waals surface area contributed by atoms with Crippen LogP contribution in [-0.4, -0.2) is 67.2 Å². The molecule has 4 rings (SSSR count). The van der Waals surface area contributed by atoms with Gasteiger partial charge in [0.15, 0.2) is 5.13 Å². The number of benzene rings is 2. The largest absolute Gasteiger partial charge is 0.497 e. The SMILES string of the molecule is COc1ccc2sc(N(CCCN3CCOCC3)C(=O)c3cccc([N+](=O)[O-])c3C)nc2c1. The van der Waals surface area contributed by atoms with Gasteiger partial charge in [-0.25, -0.2) is 4.98 Å². The number of morpholine rings is 1. The molecule has 0 atom stereocenters. The molecule has 3 aromatic rings. The van der Waals surface area contributed by atoms with Gasteiger partial charge in [0, 0.05) is 49.4 Å². The Hall–Kier alpha value is -3.08. The molecule has 0 aliphatic carbocycles. The molecule has 0 spiro atoms. The van der Waals surface area contributed by atoms with Gasteiger partial charge in [-0.1, -0.05) is 17.4 Å². The Kier molecular flexibility index (Phi) is 7.17. The number of hydrogen-bond acceptors (Lipinski definition) is 8. The normalized spacial score (nSPS) is 14.4. The van der Waals surface area contributed by atoms with E-state index in [1.165, 1.54) is 17.4 Å². The minimum absolute atomic E-state index is 0.0665. The lowest BCUT2D eigenvalue weighted by Gasteiger charge is -2.28. The first-order valence-electron chi connectivity index (χ1n) is 10.8. The molecule has 2 heterocycles. The summed E-state index contributed by atoms with van der Waals surface area (Å²) in [6, 6.07) is 10.2. The van der Waals surface area contributed by atoms with Crippen LogP contribution >= 0.6 is 11.3 Å². The summed E-state index contributed by atoms with van der Waals surface area (Å²) in [5.74, 6) is 0.406. The van der Waals surface area contributed by atoms with Gasteiger partial charge >= 0.3 is 0 Å². The summed E-state index contributed by atoms with van der Waals surface area (Å²) in [5, 5.41) is 12.0. The first-order chi connectivity index (χ1) is 16.0. The Labute approximate surface area is 195 Å². The van der Waals surface area contributed by atoms with Crippen LogP contribution in [0.3, 0.4) is 0 Å². The van der Waals surface area contributed by atoms with Gasteiger partial charge in [0.25, 0.3) is 11.6 Å². The quantitative estimate of drug-likeness (QED) is 0.364. The van der Waals surface area contributed by atoms with Gasteiger partial charge in [-0.3, -0.25) is 24.7 Å². The molecule has 2 aromatic carbocycles. The number of amides is 1. The molecule has 0 saturated carbocycles. The van der Waals surface area contributed by atoms with E-state index in [1.54, 1.807) is 31.1 Å². The Morgan fingerprint density at radius 3 is 2.82 bits per heavy atom. The molecule has 1 saturated heterocycles. The third kappa shape index (κ3) is 5.13. The molecule has 1 aliphatic heterocycles. The number of aromatic nitrogens is 1. The number of nitro benzene ring substituents is 1. The standard InChI is InChI=1S/C23H26N4O5S/c1-16-18(5-3-6-20(16)27(29)30)22(28)26(10-4-9-25-11-13-32-14-12-25)23-24-19-15-17(31-2)7-8-21(19)33-23/h3,5-8,15H,4,9-14H2,1-2H3. The van der Waals surface area contributed by atoms with Crippen molar-refractivity contribution >= 4 is 38.3 Å². The van der Waals surface area contributed by atoms with Crippen LogP contribution in [0.15, 0.2) is 36.4 Å².